The molecule has 3 nitrogen and oxygen atoms in total. The number of hydrogen-bond acceptors (Lipinski definition) is 3. The van der Waals surface area contributed by atoms with Gasteiger partial charge in [0.05, 0.1) is 6.61 Å². The van der Waals surface area contributed by atoms with Gasteiger partial charge in [0.2, 0.25) is 0 Å². The summed E-state index contributed by atoms with van der Waals surface area (Å²) < 4.78 is 20.0. The van der Waals surface area contributed by atoms with Gasteiger partial charge in [-0.3, -0.25) is 4.52 Å². The maximum atomic E-state index is 6.76. The van der Waals surface area contributed by atoms with Crippen LogP contribution in [0.15, 0.2) is 36.4 Å². The lowest BCUT2D eigenvalue weighted by atomic mass is 9.80. The van der Waals surface area contributed by atoms with Crippen LogP contribution in [0.1, 0.15) is 215 Å². The molecule has 286 valence electrons. The molecule has 0 saturated carbocycles. The van der Waals surface area contributed by atoms with E-state index in [1.807, 2.05) is 0 Å². The van der Waals surface area contributed by atoms with Gasteiger partial charge in [0.1, 0.15) is 11.5 Å². The van der Waals surface area contributed by atoms with E-state index in [1.54, 1.807) is 0 Å². The summed E-state index contributed by atoms with van der Waals surface area (Å²) in [5.74, 6) is 1.71. The Bertz CT molecular complexity index is 1140. The first-order chi connectivity index (χ1) is 23.3. The molecule has 50 heavy (non-hydrogen) atoms. The van der Waals surface area contributed by atoms with E-state index in [4.69, 9.17) is 13.6 Å². The van der Waals surface area contributed by atoms with Gasteiger partial charge in [0, 0.05) is 11.1 Å². The van der Waals surface area contributed by atoms with Crippen molar-refractivity contribution in [3.05, 3.63) is 58.7 Å². The van der Waals surface area contributed by atoms with Crippen LogP contribution >= 0.6 is 8.60 Å². The van der Waals surface area contributed by atoms with Crippen molar-refractivity contribution in [1.29, 1.82) is 0 Å². The Hall–Kier alpha value is -1.57. The van der Waals surface area contributed by atoms with E-state index < -0.39 is 8.60 Å². The Labute approximate surface area is 312 Å². The molecular formula is C46H79O3P. The zero-order valence-electron chi connectivity index (χ0n) is 35.2. The first-order valence-corrected chi connectivity index (χ1v) is 21.5. The van der Waals surface area contributed by atoms with Crippen molar-refractivity contribution in [2.45, 2.75) is 214 Å². The molecule has 0 radical (unpaired) electrons. The second-order valence-electron chi connectivity index (χ2n) is 19.0. The maximum absolute atomic E-state index is 6.76. The van der Waals surface area contributed by atoms with Crippen LogP contribution in [0.4, 0.5) is 0 Å². The SMILES string of the molecule is CCCCCCCCCCCCCCCCCCOP(Oc1ccc(C(C)(C)C)cc1C(C)(C)C)Oc1ccc(C(C)(C)C)cc1C(C)(C)C. The molecule has 0 fully saturated rings. The van der Waals surface area contributed by atoms with Crippen LogP contribution in [0.5, 0.6) is 11.5 Å². The molecule has 2 aromatic carbocycles. The molecule has 0 amide bonds. The summed E-state index contributed by atoms with van der Waals surface area (Å²) in [5.41, 5.74) is 4.92. The summed E-state index contributed by atoms with van der Waals surface area (Å²) in [6.07, 6.45) is 21.7. The predicted octanol–water partition coefficient (Wildman–Crippen LogP) is 15.8. The fourth-order valence-electron chi connectivity index (χ4n) is 6.35. The normalized spacial score (nSPS) is 12.9. The molecule has 0 N–H and O–H groups in total. The maximum Gasteiger partial charge on any atom is 0.463 e. The van der Waals surface area contributed by atoms with E-state index in [1.165, 1.54) is 119 Å². The van der Waals surface area contributed by atoms with Gasteiger partial charge < -0.3 is 9.05 Å². The minimum absolute atomic E-state index is 0.0555. The Morgan fingerprint density at radius 2 is 0.740 bits per heavy atom. The van der Waals surface area contributed by atoms with E-state index in [0.717, 1.165) is 17.9 Å². The van der Waals surface area contributed by atoms with Crippen LogP contribution in [0.25, 0.3) is 0 Å². The Balaban J connectivity index is 2.01. The second kappa shape index (κ2) is 21.2. The first-order valence-electron chi connectivity index (χ1n) is 20.4. The zero-order chi connectivity index (χ0) is 37.4. The van der Waals surface area contributed by atoms with Crippen molar-refractivity contribution < 1.29 is 13.6 Å². The van der Waals surface area contributed by atoms with Crippen molar-refractivity contribution in [1.82, 2.24) is 0 Å². The summed E-state index contributed by atoms with van der Waals surface area (Å²) >= 11 is 0. The van der Waals surface area contributed by atoms with Gasteiger partial charge in [-0.15, -0.1) is 0 Å². The minimum Gasteiger partial charge on any atom is -0.417 e. The summed E-state index contributed by atoms with van der Waals surface area (Å²) in [7, 11) is -1.66. The number of benzene rings is 2. The minimum atomic E-state index is -1.66. The molecule has 4 heteroatoms. The van der Waals surface area contributed by atoms with E-state index in [0.29, 0.717) is 6.61 Å². The first kappa shape index (κ1) is 44.6. The van der Waals surface area contributed by atoms with Crippen molar-refractivity contribution in [2.24, 2.45) is 0 Å². The van der Waals surface area contributed by atoms with Crippen LogP contribution < -0.4 is 9.05 Å². The number of hydrogen-bond donors (Lipinski definition) is 0. The van der Waals surface area contributed by atoms with Gasteiger partial charge in [0.15, 0.2) is 0 Å². The summed E-state index contributed by atoms with van der Waals surface area (Å²) in [4.78, 5) is 0. The third-order valence-corrected chi connectivity index (χ3v) is 10.9. The van der Waals surface area contributed by atoms with Crippen molar-refractivity contribution in [2.75, 3.05) is 6.61 Å². The van der Waals surface area contributed by atoms with Gasteiger partial charge in [-0.25, -0.2) is 0 Å². The van der Waals surface area contributed by atoms with Gasteiger partial charge in [0.25, 0.3) is 0 Å². The highest BCUT2D eigenvalue weighted by Crippen LogP contribution is 2.48. The van der Waals surface area contributed by atoms with Gasteiger partial charge >= 0.3 is 8.60 Å². The average Bonchev–Trinajstić information content (AvgIpc) is 3.00. The molecule has 0 aromatic heterocycles. The molecule has 0 atom stereocenters. The fraction of sp³-hybridized carbons (Fsp3) is 0.739. The quantitative estimate of drug-likeness (QED) is 0.0899. The predicted molar refractivity (Wildman–Crippen MR) is 221 cm³/mol. The van der Waals surface area contributed by atoms with Crippen molar-refractivity contribution in [3.8, 4) is 11.5 Å². The third kappa shape index (κ3) is 16.8. The average molecular weight is 711 g/mol. The van der Waals surface area contributed by atoms with Crippen LogP contribution in [0.3, 0.4) is 0 Å². The number of rotatable bonds is 22. The lowest BCUT2D eigenvalue weighted by molar-refractivity contribution is 0.255. The molecule has 0 spiro atoms. The fourth-order valence-corrected chi connectivity index (χ4v) is 7.41. The highest BCUT2D eigenvalue weighted by molar-refractivity contribution is 7.42. The monoisotopic (exact) mass is 711 g/mol. The lowest BCUT2D eigenvalue weighted by Crippen LogP contribution is -2.18. The van der Waals surface area contributed by atoms with Gasteiger partial charge in [-0.05, 0) is 51.3 Å². The highest BCUT2D eigenvalue weighted by atomic mass is 31.2. The molecular weight excluding hydrogens is 631 g/mol. The van der Waals surface area contributed by atoms with Crippen LogP contribution in [0.2, 0.25) is 0 Å². The van der Waals surface area contributed by atoms with Gasteiger partial charge in [-0.1, -0.05) is 211 Å². The van der Waals surface area contributed by atoms with Crippen molar-refractivity contribution >= 4 is 8.60 Å². The van der Waals surface area contributed by atoms with Crippen molar-refractivity contribution in [3.63, 3.8) is 0 Å². The Kier molecular flexibility index (Phi) is 18.9. The van der Waals surface area contributed by atoms with E-state index in [2.05, 4.69) is 126 Å². The Morgan fingerprint density at radius 3 is 1.04 bits per heavy atom. The third-order valence-electron chi connectivity index (χ3n) is 9.85. The molecule has 0 aliphatic heterocycles. The van der Waals surface area contributed by atoms with E-state index in [9.17, 15) is 0 Å². The summed E-state index contributed by atoms with van der Waals surface area (Å²) in [6.45, 7) is 30.1. The molecule has 0 aliphatic rings. The topological polar surface area (TPSA) is 27.7 Å². The van der Waals surface area contributed by atoms with E-state index in [-0.39, 0.29) is 21.7 Å². The highest BCUT2D eigenvalue weighted by Gasteiger charge is 2.29. The molecule has 0 unspecified atom stereocenters. The summed E-state index contributed by atoms with van der Waals surface area (Å²) in [5, 5.41) is 0. The molecule has 2 aromatic rings. The standard InChI is InChI=1S/C46H79O3P/c1-14-15-16-17-18-19-20-21-22-23-24-25-26-27-28-29-34-47-50(48-41-32-30-37(43(2,3)4)35-39(41)45(8,9)10)49-42-33-31-38(44(5,6)7)36-40(42)46(11,12)13/h30-33,35-36H,14-29,34H2,1-13H3. The second-order valence-corrected chi connectivity index (χ2v) is 20.0. The lowest BCUT2D eigenvalue weighted by Gasteiger charge is -2.30. The molecule has 0 saturated heterocycles. The van der Waals surface area contributed by atoms with Gasteiger partial charge in [-0.2, -0.15) is 0 Å². The van der Waals surface area contributed by atoms with Crippen LogP contribution in [0, 0.1) is 0 Å². The summed E-state index contributed by atoms with van der Waals surface area (Å²) in [6, 6.07) is 13.3. The molecule has 2 rings (SSSR count). The molecule has 0 aliphatic carbocycles. The Morgan fingerprint density at radius 1 is 0.420 bits per heavy atom. The zero-order valence-corrected chi connectivity index (χ0v) is 36.1. The number of unbranched alkanes of at least 4 members (excludes halogenated alkanes) is 15. The van der Waals surface area contributed by atoms with E-state index >= 15 is 0 Å². The smallest absolute Gasteiger partial charge is 0.417 e. The van der Waals surface area contributed by atoms with Crippen LogP contribution in [-0.4, -0.2) is 6.61 Å². The molecule has 0 heterocycles. The molecule has 0 bridgehead atoms. The van der Waals surface area contributed by atoms with Crippen LogP contribution in [-0.2, 0) is 26.2 Å². The largest absolute Gasteiger partial charge is 0.463 e.